The van der Waals surface area contributed by atoms with Crippen molar-refractivity contribution in [2.45, 2.75) is 37.8 Å². The average Bonchev–Trinajstić information content (AvgIpc) is 3.31. The summed E-state index contributed by atoms with van der Waals surface area (Å²) in [6.45, 7) is 1.89. The van der Waals surface area contributed by atoms with Gasteiger partial charge in [0.15, 0.2) is 23.2 Å². The lowest BCUT2D eigenvalue weighted by molar-refractivity contribution is -0.0486. The fraction of sp³-hybridized carbons (Fsp3) is 0.421. The molecule has 148 valence electrons. The Labute approximate surface area is 162 Å². The third-order valence-electron chi connectivity index (χ3n) is 4.97. The van der Waals surface area contributed by atoms with Gasteiger partial charge in [0.25, 0.3) is 0 Å². The number of nitrogens with one attached hydrogen (secondary N) is 1. The summed E-state index contributed by atoms with van der Waals surface area (Å²) in [5.74, 6) is 1.40. The first-order valence-corrected chi connectivity index (χ1v) is 9.13. The Morgan fingerprint density at radius 1 is 1.29 bits per heavy atom. The maximum atomic E-state index is 10.3. The first-order chi connectivity index (χ1) is 13.6. The van der Waals surface area contributed by atoms with Crippen LogP contribution in [0.2, 0.25) is 0 Å². The van der Waals surface area contributed by atoms with Gasteiger partial charge in [0.2, 0.25) is 0 Å². The van der Waals surface area contributed by atoms with E-state index < -0.39 is 18.4 Å². The number of hydrogen-bond acceptors (Lipinski definition) is 8. The topological polar surface area (TPSA) is 115 Å². The number of aliphatic hydroxyl groups excluding tert-OH is 2. The largest absolute Gasteiger partial charge is 0.497 e. The van der Waals surface area contributed by atoms with Crippen molar-refractivity contribution in [1.82, 2.24) is 19.5 Å². The number of aliphatic hydroxyl groups is 2. The predicted octanol–water partition coefficient (Wildman–Crippen LogP) is 1.65. The van der Waals surface area contributed by atoms with Crippen LogP contribution in [0.15, 0.2) is 36.9 Å². The Morgan fingerprint density at radius 2 is 2.07 bits per heavy atom. The highest BCUT2D eigenvalue weighted by Crippen LogP contribution is 2.32. The lowest BCUT2D eigenvalue weighted by atomic mass is 10.1. The highest BCUT2D eigenvalue weighted by molar-refractivity contribution is 5.82. The molecule has 1 aliphatic heterocycles. The maximum Gasteiger partial charge on any atom is 0.167 e. The fourth-order valence-electron chi connectivity index (χ4n) is 3.42. The summed E-state index contributed by atoms with van der Waals surface area (Å²) in [5, 5.41) is 22.9. The molecule has 0 bridgehead atoms. The first-order valence-electron chi connectivity index (χ1n) is 9.13. The van der Waals surface area contributed by atoms with Gasteiger partial charge in [-0.1, -0.05) is 12.1 Å². The Balaban J connectivity index is 1.59. The minimum absolute atomic E-state index is 0.0127. The molecule has 4 atom stereocenters. The van der Waals surface area contributed by atoms with E-state index in [4.69, 9.17) is 9.47 Å². The first kappa shape index (κ1) is 18.6. The van der Waals surface area contributed by atoms with Gasteiger partial charge in [0.05, 0.1) is 32.2 Å². The van der Waals surface area contributed by atoms with Gasteiger partial charge >= 0.3 is 0 Å². The van der Waals surface area contributed by atoms with Crippen molar-refractivity contribution in [3.05, 3.63) is 42.5 Å². The summed E-state index contributed by atoms with van der Waals surface area (Å²) in [6, 6.07) is 7.79. The second-order valence-corrected chi connectivity index (χ2v) is 6.82. The molecule has 1 saturated heterocycles. The van der Waals surface area contributed by atoms with E-state index in [-0.39, 0.29) is 12.6 Å². The number of aromatic nitrogens is 4. The molecular weight excluding hydrogens is 362 g/mol. The van der Waals surface area contributed by atoms with Gasteiger partial charge in [0.1, 0.15) is 18.2 Å². The van der Waals surface area contributed by atoms with Crippen molar-refractivity contribution in [3.8, 4) is 5.75 Å². The number of benzene rings is 1. The summed E-state index contributed by atoms with van der Waals surface area (Å²) in [6.07, 6.45) is 1.63. The van der Waals surface area contributed by atoms with E-state index in [9.17, 15) is 10.2 Å². The Morgan fingerprint density at radius 3 is 2.75 bits per heavy atom. The Kier molecular flexibility index (Phi) is 5.12. The summed E-state index contributed by atoms with van der Waals surface area (Å²) in [7, 11) is 1.64. The number of methoxy groups -OCH3 is 1. The van der Waals surface area contributed by atoms with E-state index in [2.05, 4.69) is 20.3 Å². The highest BCUT2D eigenvalue weighted by Gasteiger charge is 2.36. The van der Waals surface area contributed by atoms with Crippen molar-refractivity contribution in [2.75, 3.05) is 19.0 Å². The van der Waals surface area contributed by atoms with Crippen LogP contribution in [0.4, 0.5) is 5.82 Å². The Bertz CT molecular complexity index is 945. The van der Waals surface area contributed by atoms with E-state index in [0.717, 1.165) is 11.3 Å². The van der Waals surface area contributed by atoms with Crippen molar-refractivity contribution in [3.63, 3.8) is 0 Å². The smallest absolute Gasteiger partial charge is 0.167 e. The van der Waals surface area contributed by atoms with Crippen molar-refractivity contribution in [2.24, 2.45) is 0 Å². The molecule has 0 amide bonds. The quantitative estimate of drug-likeness (QED) is 0.587. The molecule has 3 aromatic rings. The molecule has 4 rings (SSSR count). The molecule has 2 aromatic heterocycles. The molecule has 9 nitrogen and oxygen atoms in total. The molecule has 3 N–H and O–H groups in total. The third-order valence-corrected chi connectivity index (χ3v) is 4.97. The molecule has 3 heterocycles. The van der Waals surface area contributed by atoms with E-state index in [1.54, 1.807) is 18.0 Å². The number of imidazole rings is 1. The molecule has 2 unspecified atom stereocenters. The zero-order chi connectivity index (χ0) is 19.7. The zero-order valence-electron chi connectivity index (χ0n) is 15.7. The summed E-state index contributed by atoms with van der Waals surface area (Å²) >= 11 is 0. The maximum absolute atomic E-state index is 10.3. The number of anilines is 1. The van der Waals surface area contributed by atoms with Crippen LogP contribution in [0.1, 0.15) is 31.2 Å². The van der Waals surface area contributed by atoms with Crippen LogP contribution in [0.25, 0.3) is 11.2 Å². The second-order valence-electron chi connectivity index (χ2n) is 6.82. The van der Waals surface area contributed by atoms with Gasteiger partial charge < -0.3 is 25.0 Å². The molecule has 1 aliphatic rings. The fourth-order valence-corrected chi connectivity index (χ4v) is 3.42. The molecule has 1 aromatic carbocycles. The SMILES string of the molecule is COc1ccc(C(C)Nc2ncnc3c2ncn3[C@@H]2O[C@H](CO)CC2O)cc1. The minimum Gasteiger partial charge on any atom is -0.497 e. The van der Waals surface area contributed by atoms with Crippen LogP contribution in [0.3, 0.4) is 0 Å². The molecule has 0 radical (unpaired) electrons. The number of fused-ring (bicyclic) bond motifs is 1. The van der Waals surface area contributed by atoms with Crippen LogP contribution >= 0.6 is 0 Å². The van der Waals surface area contributed by atoms with Crippen molar-refractivity contribution in [1.29, 1.82) is 0 Å². The van der Waals surface area contributed by atoms with Gasteiger partial charge in [-0.2, -0.15) is 0 Å². The van der Waals surface area contributed by atoms with Crippen LogP contribution in [0, 0.1) is 0 Å². The lowest BCUT2D eigenvalue weighted by Crippen LogP contribution is -2.19. The van der Waals surface area contributed by atoms with Crippen LogP contribution in [-0.4, -0.2) is 55.7 Å². The molecule has 0 spiro atoms. The molecule has 0 aliphatic carbocycles. The van der Waals surface area contributed by atoms with Crippen LogP contribution < -0.4 is 10.1 Å². The molecule has 1 fully saturated rings. The summed E-state index contributed by atoms with van der Waals surface area (Å²) in [4.78, 5) is 13.1. The molecular formula is C19H23N5O4. The van der Waals surface area contributed by atoms with Crippen molar-refractivity contribution >= 4 is 17.0 Å². The number of nitrogens with zero attached hydrogens (tertiary/aromatic N) is 4. The zero-order valence-corrected chi connectivity index (χ0v) is 15.7. The Hall–Kier alpha value is -2.75. The molecule has 0 saturated carbocycles. The third kappa shape index (κ3) is 3.39. The summed E-state index contributed by atoms with van der Waals surface area (Å²) < 4.78 is 12.6. The van der Waals surface area contributed by atoms with Crippen molar-refractivity contribution < 1.29 is 19.7 Å². The van der Waals surface area contributed by atoms with Gasteiger partial charge in [-0.15, -0.1) is 0 Å². The van der Waals surface area contributed by atoms with Crippen LogP contribution in [-0.2, 0) is 4.74 Å². The van der Waals surface area contributed by atoms with Gasteiger partial charge in [-0.25, -0.2) is 15.0 Å². The minimum atomic E-state index is -0.737. The summed E-state index contributed by atoms with van der Waals surface area (Å²) in [5.41, 5.74) is 2.22. The number of hydrogen-bond donors (Lipinski definition) is 3. The second kappa shape index (κ2) is 7.70. The highest BCUT2D eigenvalue weighted by atomic mass is 16.5. The average molecular weight is 385 g/mol. The van der Waals surface area contributed by atoms with Gasteiger partial charge in [-0.05, 0) is 24.6 Å². The molecule has 28 heavy (non-hydrogen) atoms. The van der Waals surface area contributed by atoms with E-state index >= 15 is 0 Å². The number of ether oxygens (including phenoxy) is 2. The van der Waals surface area contributed by atoms with E-state index in [0.29, 0.717) is 23.4 Å². The van der Waals surface area contributed by atoms with Crippen LogP contribution in [0.5, 0.6) is 5.75 Å². The monoisotopic (exact) mass is 385 g/mol. The van der Waals surface area contributed by atoms with E-state index in [1.807, 2.05) is 31.2 Å². The molecule has 9 heteroatoms. The van der Waals surface area contributed by atoms with Gasteiger partial charge in [0, 0.05) is 6.42 Å². The normalized spacial score (nSPS) is 23.1. The number of rotatable bonds is 6. The standard InChI is InChI=1S/C19H23N5O4/c1-11(12-3-5-13(27-2)6-4-12)23-17-16-18(21-9-20-17)24(10-22-16)19-15(26)7-14(8-25)28-19/h3-6,9-11,14-15,19,25-26H,7-8H2,1-2H3,(H,20,21,23)/t11?,14-,15?,19+/m0/s1. The van der Waals surface area contributed by atoms with E-state index in [1.165, 1.54) is 6.33 Å². The predicted molar refractivity (Wildman–Crippen MR) is 102 cm³/mol. The van der Waals surface area contributed by atoms with Gasteiger partial charge in [-0.3, -0.25) is 4.57 Å². The lowest BCUT2D eigenvalue weighted by Gasteiger charge is -2.17.